The first-order valence-corrected chi connectivity index (χ1v) is 9.90. The maximum absolute atomic E-state index is 6.10. The molecule has 2 aromatic carbocycles. The second kappa shape index (κ2) is 8.63. The van der Waals surface area contributed by atoms with Crippen LogP contribution in [0.25, 0.3) is 0 Å². The van der Waals surface area contributed by atoms with Crippen LogP contribution in [0.3, 0.4) is 0 Å². The van der Waals surface area contributed by atoms with Gasteiger partial charge in [0.25, 0.3) is 0 Å². The van der Waals surface area contributed by atoms with E-state index in [0.29, 0.717) is 36.1 Å². The number of halogens is 1. The van der Waals surface area contributed by atoms with Crippen LogP contribution >= 0.6 is 11.6 Å². The van der Waals surface area contributed by atoms with Gasteiger partial charge in [-0.2, -0.15) is 15.0 Å². The topological polar surface area (TPSA) is 75.2 Å². The van der Waals surface area contributed by atoms with Crippen LogP contribution in [0.4, 0.5) is 29.2 Å². The molecule has 0 amide bonds. The number of nitrogens with one attached hydrogen (secondary N) is 2. The van der Waals surface area contributed by atoms with E-state index in [1.165, 1.54) is 11.1 Å². The van der Waals surface area contributed by atoms with Crippen LogP contribution in [0.2, 0.25) is 5.02 Å². The molecule has 0 radical (unpaired) electrons. The van der Waals surface area contributed by atoms with E-state index in [4.69, 9.17) is 16.3 Å². The number of nitrogens with zero attached hydrogens (tertiary/aromatic N) is 4. The minimum Gasteiger partial charge on any atom is -0.378 e. The van der Waals surface area contributed by atoms with Crippen LogP contribution in [0.1, 0.15) is 11.1 Å². The van der Waals surface area contributed by atoms with E-state index < -0.39 is 0 Å². The lowest BCUT2D eigenvalue weighted by atomic mass is 10.1. The molecule has 2 N–H and O–H groups in total. The van der Waals surface area contributed by atoms with E-state index in [1.807, 2.05) is 24.3 Å². The van der Waals surface area contributed by atoms with E-state index in [9.17, 15) is 0 Å². The fourth-order valence-electron chi connectivity index (χ4n) is 3.25. The summed E-state index contributed by atoms with van der Waals surface area (Å²) in [5.74, 6) is 1.55. The molecular weight excluding hydrogens is 388 g/mol. The predicted molar refractivity (Wildman–Crippen MR) is 117 cm³/mol. The van der Waals surface area contributed by atoms with Crippen molar-refractivity contribution in [1.82, 2.24) is 15.0 Å². The molecule has 0 aliphatic carbocycles. The Morgan fingerprint density at radius 2 is 1.52 bits per heavy atom. The first-order valence-electron chi connectivity index (χ1n) is 9.52. The van der Waals surface area contributed by atoms with Gasteiger partial charge in [0.15, 0.2) is 0 Å². The summed E-state index contributed by atoms with van der Waals surface area (Å²) < 4.78 is 5.45. The summed E-state index contributed by atoms with van der Waals surface area (Å²) in [6, 6.07) is 13.7. The van der Waals surface area contributed by atoms with Gasteiger partial charge in [0, 0.05) is 29.5 Å². The fourth-order valence-corrected chi connectivity index (χ4v) is 3.44. The number of rotatable bonds is 5. The van der Waals surface area contributed by atoms with Gasteiger partial charge in [-0.1, -0.05) is 23.7 Å². The van der Waals surface area contributed by atoms with Crippen molar-refractivity contribution < 1.29 is 4.74 Å². The van der Waals surface area contributed by atoms with Crippen molar-refractivity contribution in [3.05, 3.63) is 58.6 Å². The number of hydrogen-bond acceptors (Lipinski definition) is 7. The molecule has 29 heavy (non-hydrogen) atoms. The van der Waals surface area contributed by atoms with Crippen molar-refractivity contribution in [1.29, 1.82) is 0 Å². The smallest absolute Gasteiger partial charge is 0.233 e. The fraction of sp³-hybridized carbons (Fsp3) is 0.286. The number of ether oxygens (including phenoxy) is 1. The monoisotopic (exact) mass is 410 g/mol. The summed E-state index contributed by atoms with van der Waals surface area (Å²) >= 11 is 6.10. The Labute approximate surface area is 175 Å². The molecule has 1 fully saturated rings. The minimum atomic E-state index is 0.454. The Hall–Kier alpha value is -2.90. The van der Waals surface area contributed by atoms with E-state index in [0.717, 1.165) is 24.5 Å². The Morgan fingerprint density at radius 3 is 2.17 bits per heavy atom. The maximum atomic E-state index is 6.10. The average molecular weight is 411 g/mol. The van der Waals surface area contributed by atoms with Crippen LogP contribution in [-0.2, 0) is 4.74 Å². The van der Waals surface area contributed by atoms with Gasteiger partial charge in [-0.15, -0.1) is 0 Å². The Kier molecular flexibility index (Phi) is 5.78. The highest BCUT2D eigenvalue weighted by molar-refractivity contribution is 6.30. The molecule has 7 nitrogen and oxygen atoms in total. The molecule has 8 heteroatoms. The first-order chi connectivity index (χ1) is 14.0. The molecule has 0 saturated carbocycles. The zero-order valence-electron chi connectivity index (χ0n) is 16.4. The van der Waals surface area contributed by atoms with Crippen LogP contribution in [0.15, 0.2) is 42.5 Å². The summed E-state index contributed by atoms with van der Waals surface area (Å²) in [6.45, 7) is 6.92. The number of aromatic nitrogens is 3. The Morgan fingerprint density at radius 1 is 0.862 bits per heavy atom. The van der Waals surface area contributed by atoms with Gasteiger partial charge in [0.05, 0.1) is 13.2 Å². The Bertz CT molecular complexity index is 986. The number of hydrogen-bond donors (Lipinski definition) is 2. The lowest BCUT2D eigenvalue weighted by Gasteiger charge is -2.27. The summed E-state index contributed by atoms with van der Waals surface area (Å²) in [6.07, 6.45) is 0. The highest BCUT2D eigenvalue weighted by Crippen LogP contribution is 2.23. The van der Waals surface area contributed by atoms with Gasteiger partial charge in [0.2, 0.25) is 17.8 Å². The minimum absolute atomic E-state index is 0.454. The normalized spacial score (nSPS) is 14.0. The van der Waals surface area contributed by atoms with Gasteiger partial charge < -0.3 is 20.3 Å². The largest absolute Gasteiger partial charge is 0.378 e. The van der Waals surface area contributed by atoms with Crippen molar-refractivity contribution in [3.63, 3.8) is 0 Å². The summed E-state index contributed by atoms with van der Waals surface area (Å²) in [5.41, 5.74) is 4.10. The van der Waals surface area contributed by atoms with E-state index in [2.05, 4.69) is 62.5 Å². The van der Waals surface area contributed by atoms with E-state index in [-0.39, 0.29) is 0 Å². The number of morpholine rings is 1. The van der Waals surface area contributed by atoms with Crippen molar-refractivity contribution in [2.75, 3.05) is 41.8 Å². The van der Waals surface area contributed by atoms with Crippen molar-refractivity contribution in [3.8, 4) is 0 Å². The zero-order valence-corrected chi connectivity index (χ0v) is 17.2. The number of anilines is 5. The molecule has 1 aliphatic heterocycles. The number of benzene rings is 2. The molecule has 0 atom stereocenters. The lowest BCUT2D eigenvalue weighted by molar-refractivity contribution is 0.122. The van der Waals surface area contributed by atoms with Gasteiger partial charge in [-0.05, 0) is 55.3 Å². The third kappa shape index (κ3) is 5.13. The third-order valence-electron chi connectivity index (χ3n) is 4.48. The average Bonchev–Trinajstić information content (AvgIpc) is 2.68. The second-order valence-electron chi connectivity index (χ2n) is 7.02. The highest BCUT2D eigenvalue weighted by atomic mass is 35.5. The second-order valence-corrected chi connectivity index (χ2v) is 7.46. The summed E-state index contributed by atoms with van der Waals surface area (Å²) in [7, 11) is 0. The van der Waals surface area contributed by atoms with Crippen LogP contribution in [-0.4, -0.2) is 41.3 Å². The molecule has 0 bridgehead atoms. The molecular formula is C21H23ClN6O. The van der Waals surface area contributed by atoms with Gasteiger partial charge >= 0.3 is 0 Å². The van der Waals surface area contributed by atoms with Crippen molar-refractivity contribution >= 4 is 40.8 Å². The van der Waals surface area contributed by atoms with E-state index >= 15 is 0 Å². The molecule has 1 aliphatic rings. The van der Waals surface area contributed by atoms with Gasteiger partial charge in [-0.25, -0.2) is 0 Å². The van der Waals surface area contributed by atoms with Gasteiger partial charge in [-0.3, -0.25) is 0 Å². The van der Waals surface area contributed by atoms with Crippen molar-refractivity contribution in [2.45, 2.75) is 13.8 Å². The van der Waals surface area contributed by atoms with Crippen LogP contribution in [0.5, 0.6) is 0 Å². The maximum Gasteiger partial charge on any atom is 0.233 e. The van der Waals surface area contributed by atoms with Crippen LogP contribution in [0, 0.1) is 13.8 Å². The van der Waals surface area contributed by atoms with Gasteiger partial charge in [0.1, 0.15) is 0 Å². The molecule has 0 spiro atoms. The predicted octanol–water partition coefficient (Wildman–Crippen LogP) is 4.47. The SMILES string of the molecule is Cc1cc(C)cc(Nc2nc(Nc3cccc(Cl)c3)nc(N3CCOCC3)n2)c1. The highest BCUT2D eigenvalue weighted by Gasteiger charge is 2.17. The molecule has 150 valence electrons. The first kappa shape index (κ1) is 19.4. The molecule has 3 aromatic rings. The molecule has 4 rings (SSSR count). The standard InChI is InChI=1S/C21H23ClN6O/c1-14-10-15(2)12-18(11-14)24-20-25-19(23-17-5-3-4-16(22)13-17)26-21(27-20)28-6-8-29-9-7-28/h3-5,10-13H,6-9H2,1-2H3,(H2,23,24,25,26,27). The van der Waals surface area contributed by atoms with Crippen molar-refractivity contribution in [2.24, 2.45) is 0 Å². The van der Waals surface area contributed by atoms with Crippen LogP contribution < -0.4 is 15.5 Å². The summed E-state index contributed by atoms with van der Waals surface area (Å²) in [4.78, 5) is 15.9. The Balaban J connectivity index is 1.67. The number of aryl methyl sites for hydroxylation is 2. The molecule has 2 heterocycles. The molecule has 1 saturated heterocycles. The zero-order chi connectivity index (χ0) is 20.2. The lowest BCUT2D eigenvalue weighted by Crippen LogP contribution is -2.37. The quantitative estimate of drug-likeness (QED) is 0.642. The molecule has 0 unspecified atom stereocenters. The third-order valence-corrected chi connectivity index (χ3v) is 4.71. The van der Waals surface area contributed by atoms with E-state index in [1.54, 1.807) is 0 Å². The summed E-state index contributed by atoms with van der Waals surface area (Å²) in [5, 5.41) is 7.19. The molecule has 1 aromatic heterocycles.